The average molecular weight is 1140 g/mol. The van der Waals surface area contributed by atoms with E-state index in [0.29, 0.717) is 0 Å². The monoisotopic (exact) mass is 1140 g/mol. The van der Waals surface area contributed by atoms with Gasteiger partial charge in [-0.3, -0.25) is 47.9 Å². The average Bonchev–Trinajstić information content (AvgIpc) is 3.37. The molecule has 19 unspecified atom stereocenters. The zero-order valence-electron chi connectivity index (χ0n) is 44.5. The molecular weight excluding hydrogens is 1060 g/mol. The van der Waals surface area contributed by atoms with Gasteiger partial charge in [0.1, 0.15) is 91.1 Å². The third kappa shape index (κ3) is 21.4. The van der Waals surface area contributed by atoms with Gasteiger partial charge in [-0.15, -0.1) is 0 Å². The van der Waals surface area contributed by atoms with Crippen LogP contribution in [0, 0.1) is 0 Å². The fraction of sp³-hybridized carbons (Fsp3) is 0.756. The number of hydrogen-bond acceptors (Lipinski definition) is 23. The first-order valence-corrected chi connectivity index (χ1v) is 25.0. The summed E-state index contributed by atoms with van der Waals surface area (Å²) in [6.45, 7) is 5.41. The molecule has 0 aromatic rings. The summed E-state index contributed by atoms with van der Waals surface area (Å²) in [7, 11) is 0. The number of carbonyl (C=O) groups excluding carboxylic acids is 10. The Balaban J connectivity index is 2.03. The van der Waals surface area contributed by atoms with Crippen LogP contribution >= 0.6 is 0 Å². The van der Waals surface area contributed by atoms with Gasteiger partial charge >= 0.3 is 5.97 Å². The summed E-state index contributed by atoms with van der Waals surface area (Å²) in [6.07, 6.45) is -17.8. The van der Waals surface area contributed by atoms with Crippen molar-refractivity contribution >= 4 is 65.0 Å². The number of rotatable bonds is 31. The largest absolute Gasteiger partial charge is 0.480 e. The molecule has 0 aliphatic carbocycles. The molecule has 450 valence electrons. The Hall–Kier alpha value is -6.31. The highest BCUT2D eigenvalue weighted by molar-refractivity contribution is 5.95. The number of carbonyl (C=O) groups is 11. The first-order chi connectivity index (χ1) is 36.9. The molecule has 0 bridgehead atoms. The molecular formula is C45H77N11O23. The van der Waals surface area contributed by atoms with Gasteiger partial charge in [-0.05, 0) is 53.9 Å². The molecule has 0 aromatic heterocycles. The van der Waals surface area contributed by atoms with E-state index < -0.39 is 213 Å². The van der Waals surface area contributed by atoms with Crippen molar-refractivity contribution in [2.45, 2.75) is 190 Å². The van der Waals surface area contributed by atoms with E-state index >= 15 is 0 Å². The van der Waals surface area contributed by atoms with Crippen LogP contribution in [0.4, 0.5) is 0 Å². The number of aliphatic carboxylic acids is 1. The summed E-state index contributed by atoms with van der Waals surface area (Å²) < 4.78 is 23.2. The van der Waals surface area contributed by atoms with Gasteiger partial charge < -0.3 is 119 Å². The lowest BCUT2D eigenvalue weighted by molar-refractivity contribution is -0.333. The first-order valence-electron chi connectivity index (χ1n) is 25.0. The Bertz CT molecular complexity index is 2130. The van der Waals surface area contributed by atoms with Crippen molar-refractivity contribution in [3.05, 3.63) is 0 Å². The van der Waals surface area contributed by atoms with Gasteiger partial charge in [0, 0.05) is 26.8 Å². The van der Waals surface area contributed by atoms with Gasteiger partial charge in [-0.2, -0.15) is 0 Å². The van der Waals surface area contributed by atoms with E-state index in [9.17, 15) is 93.6 Å². The molecule has 0 aromatic carbocycles. The Morgan fingerprint density at radius 2 is 1.18 bits per heavy atom. The number of primary amides is 1. The molecule has 10 amide bonds. The van der Waals surface area contributed by atoms with Crippen molar-refractivity contribution in [2.24, 2.45) is 11.5 Å². The predicted molar refractivity (Wildman–Crippen MR) is 264 cm³/mol. The molecule has 0 radical (unpaired) electrons. The number of hydrogen-bond donors (Lipinski definition) is 19. The van der Waals surface area contributed by atoms with E-state index in [2.05, 4.69) is 47.9 Å². The Morgan fingerprint density at radius 1 is 0.620 bits per heavy atom. The van der Waals surface area contributed by atoms with Gasteiger partial charge in [-0.25, -0.2) is 4.79 Å². The van der Waals surface area contributed by atoms with Gasteiger partial charge in [0.25, 0.3) is 0 Å². The molecule has 2 aliphatic rings. The lowest BCUT2D eigenvalue weighted by Crippen LogP contribution is -2.70. The molecule has 19 atom stereocenters. The fourth-order valence-corrected chi connectivity index (χ4v) is 7.79. The van der Waals surface area contributed by atoms with E-state index in [1.807, 2.05) is 0 Å². The third-order valence-corrected chi connectivity index (χ3v) is 12.2. The topological polar surface area (TPSA) is 547 Å². The maximum Gasteiger partial charge on any atom is 0.326 e. The second-order valence-corrected chi connectivity index (χ2v) is 18.9. The molecule has 2 fully saturated rings. The minimum Gasteiger partial charge on any atom is -0.480 e. The smallest absolute Gasteiger partial charge is 0.326 e. The Kier molecular flexibility index (Phi) is 28.5. The Labute approximate surface area is 452 Å². The lowest BCUT2D eigenvalue weighted by Gasteiger charge is -2.48. The highest BCUT2D eigenvalue weighted by Gasteiger charge is 2.53. The summed E-state index contributed by atoms with van der Waals surface area (Å²) in [5, 5.41) is 102. The molecule has 2 saturated heterocycles. The SMILES string of the molecule is CC(=O)NC1C(OC2C(CO)OC(O)C(NC(C)=O)C2OC(C)C(=O)NC(C)C(=O)NC(CCC(=O)NC(CCCNC(=O)C(CO)NC(=O)C(C)NC(=O)C(NC(=O)C(C)N)C(C)O)C(=O)O)C(N)=O)OC(CO)C(O)C1O. The van der Waals surface area contributed by atoms with Crippen molar-refractivity contribution < 1.29 is 113 Å². The van der Waals surface area contributed by atoms with E-state index in [1.165, 1.54) is 34.6 Å². The number of nitrogens with one attached hydrogen (secondary N) is 9. The van der Waals surface area contributed by atoms with E-state index in [-0.39, 0.29) is 19.4 Å². The summed E-state index contributed by atoms with van der Waals surface area (Å²) in [5.41, 5.74) is 11.0. The molecule has 0 spiro atoms. The van der Waals surface area contributed by atoms with Crippen molar-refractivity contribution in [3.63, 3.8) is 0 Å². The fourth-order valence-electron chi connectivity index (χ4n) is 7.79. The van der Waals surface area contributed by atoms with Crippen LogP contribution in [-0.2, 0) is 71.7 Å². The van der Waals surface area contributed by atoms with Gasteiger partial charge in [0.2, 0.25) is 59.1 Å². The molecule has 2 aliphatic heterocycles. The number of ether oxygens (including phenoxy) is 4. The van der Waals surface area contributed by atoms with Crippen LogP contribution in [0.3, 0.4) is 0 Å². The summed E-state index contributed by atoms with van der Waals surface area (Å²) in [5.74, 6) is -10.6. The first kappa shape index (κ1) is 68.8. The second-order valence-electron chi connectivity index (χ2n) is 18.9. The molecule has 34 nitrogen and oxygen atoms in total. The van der Waals surface area contributed by atoms with Crippen LogP contribution in [-0.4, -0.2) is 248 Å². The maximum atomic E-state index is 13.5. The summed E-state index contributed by atoms with van der Waals surface area (Å²) in [6, 6.07) is -13.0. The molecule has 34 heteroatoms. The van der Waals surface area contributed by atoms with Crippen LogP contribution in [0.1, 0.15) is 74.1 Å². The predicted octanol–water partition coefficient (Wildman–Crippen LogP) is -10.8. The second kappa shape index (κ2) is 32.7. The Morgan fingerprint density at radius 3 is 1.68 bits per heavy atom. The third-order valence-electron chi connectivity index (χ3n) is 12.2. The van der Waals surface area contributed by atoms with Gasteiger partial charge in [0.05, 0.1) is 32.0 Å². The quantitative estimate of drug-likeness (QED) is 0.0287. The standard InChI is InChI=1S/C45H77N11O23/c1-16(46)37(67)56-29(19(4)60)42(72)50-18(3)39(69)55-25(13-57)41(71)48-12-8-9-24(43(73)74)53-28(63)11-10-23(36(47)66)54-38(68)17(2)49-40(70)20(5)76-35-31(52-22(7)62)44(75)77-27(15-59)34(35)79-45-30(51-21(6)61)33(65)32(64)26(14-58)78-45/h16-20,23-27,29-35,44-45,57-60,64-65,75H,8-15,46H2,1-7H3,(H2,47,66)(H,48,71)(H,49,70)(H,50,72)(H,51,61)(H,52,62)(H,53,63)(H,54,68)(H,55,69)(H,56,67)(H,73,74). The van der Waals surface area contributed by atoms with Crippen LogP contribution in [0.25, 0.3) is 0 Å². The normalized spacial score (nSPS) is 26.3. The number of nitrogens with two attached hydrogens (primary N) is 2. The highest BCUT2D eigenvalue weighted by Crippen LogP contribution is 2.31. The van der Waals surface area contributed by atoms with E-state index in [0.717, 1.165) is 13.8 Å². The van der Waals surface area contributed by atoms with E-state index in [1.54, 1.807) is 0 Å². The van der Waals surface area contributed by atoms with Crippen molar-refractivity contribution in [2.75, 3.05) is 26.4 Å². The number of carboxylic acid groups (broad SMARTS) is 1. The molecule has 0 saturated carbocycles. The summed E-state index contributed by atoms with van der Waals surface area (Å²) >= 11 is 0. The van der Waals surface area contributed by atoms with Crippen molar-refractivity contribution in [1.82, 2.24) is 47.9 Å². The van der Waals surface area contributed by atoms with Crippen molar-refractivity contribution in [3.8, 4) is 0 Å². The lowest BCUT2D eigenvalue weighted by atomic mass is 9.94. The number of amides is 10. The molecule has 2 heterocycles. The van der Waals surface area contributed by atoms with Crippen LogP contribution < -0.4 is 59.3 Å². The minimum absolute atomic E-state index is 0.0779. The zero-order chi connectivity index (χ0) is 60.2. The molecule has 21 N–H and O–H groups in total. The zero-order valence-corrected chi connectivity index (χ0v) is 44.5. The van der Waals surface area contributed by atoms with Crippen LogP contribution in [0.15, 0.2) is 0 Å². The van der Waals surface area contributed by atoms with Crippen LogP contribution in [0.2, 0.25) is 0 Å². The van der Waals surface area contributed by atoms with Crippen LogP contribution in [0.5, 0.6) is 0 Å². The van der Waals surface area contributed by atoms with E-state index in [4.69, 9.17) is 30.4 Å². The molecule has 2 rings (SSSR count). The number of aliphatic hydroxyl groups is 7. The van der Waals surface area contributed by atoms with Crippen molar-refractivity contribution in [1.29, 1.82) is 0 Å². The molecule has 79 heavy (non-hydrogen) atoms. The minimum atomic E-state index is -1.91. The number of aliphatic hydroxyl groups excluding tert-OH is 7. The highest BCUT2D eigenvalue weighted by atomic mass is 16.7. The maximum absolute atomic E-state index is 13.5. The summed E-state index contributed by atoms with van der Waals surface area (Å²) in [4.78, 5) is 139. The number of carboxylic acids is 1. The van der Waals surface area contributed by atoms with Gasteiger partial charge in [0.15, 0.2) is 12.6 Å². The van der Waals surface area contributed by atoms with Gasteiger partial charge in [-0.1, -0.05) is 0 Å².